The van der Waals surface area contributed by atoms with E-state index < -0.39 is 0 Å². The van der Waals surface area contributed by atoms with E-state index in [9.17, 15) is 0 Å². The first kappa shape index (κ1) is 42.1. The molecular formula is C13H26. The summed E-state index contributed by atoms with van der Waals surface area (Å²) in [6.07, 6.45) is 1.75. The molecular weight excluding hydrogens is 156 g/mol. The van der Waals surface area contributed by atoms with Crippen LogP contribution >= 0.6 is 0 Å². The van der Waals surface area contributed by atoms with Crippen LogP contribution in [0.1, 0.15) is 6.92 Å². The van der Waals surface area contributed by atoms with Gasteiger partial charge in [-0.25, -0.2) is 0 Å². The molecule has 0 amide bonds. The largest absolute Gasteiger partial charge is 0.106 e. The fourth-order valence-corrected chi connectivity index (χ4v) is 0. The summed E-state index contributed by atoms with van der Waals surface area (Å²) < 4.78 is 0. The maximum absolute atomic E-state index is 3.36. The van der Waals surface area contributed by atoms with Crippen molar-refractivity contribution >= 4 is 0 Å². The highest BCUT2D eigenvalue weighted by molar-refractivity contribution is 4.51. The normalized spacial score (nSPS) is 2.54. The lowest BCUT2D eigenvalue weighted by Gasteiger charge is -1.31. The van der Waals surface area contributed by atoms with Crippen molar-refractivity contribution in [3.05, 3.63) is 78.4 Å². The molecule has 0 aliphatic carbocycles. The van der Waals surface area contributed by atoms with E-state index in [-0.39, 0.29) is 0 Å². The molecule has 0 N–H and O–H groups in total. The summed E-state index contributed by atoms with van der Waals surface area (Å²) in [7, 11) is 0. The van der Waals surface area contributed by atoms with E-state index in [0.29, 0.717) is 0 Å². The van der Waals surface area contributed by atoms with Gasteiger partial charge in [-0.2, -0.15) is 0 Å². The third-order valence-electron chi connectivity index (χ3n) is 0. The second-order valence-corrected chi connectivity index (χ2v) is 0.408. The Balaban J connectivity index is -0.0000000115. The van der Waals surface area contributed by atoms with Crippen LogP contribution < -0.4 is 0 Å². The lowest BCUT2D eigenvalue weighted by atomic mass is 10.8. The van der Waals surface area contributed by atoms with Crippen LogP contribution in [-0.4, -0.2) is 0 Å². The number of hydrogen-bond donors (Lipinski definition) is 0. The summed E-state index contributed by atoms with van der Waals surface area (Å²) >= 11 is 0. The Morgan fingerprint density at radius 1 is 0.538 bits per heavy atom. The molecule has 0 heterocycles. The molecule has 78 valence electrons. The summed E-state index contributed by atoms with van der Waals surface area (Å²) in [5.41, 5.74) is 0. The van der Waals surface area contributed by atoms with Crippen molar-refractivity contribution in [1.29, 1.82) is 0 Å². The maximum Gasteiger partial charge on any atom is -0.0473 e. The Hall–Kier alpha value is -1.56. The maximum atomic E-state index is 3.36. The molecule has 0 bridgehead atoms. The zero-order valence-electron chi connectivity index (χ0n) is 9.36. The molecule has 0 saturated heterocycles. The number of allylic oxidation sites excluding steroid dienone is 1. The Morgan fingerprint density at radius 3 is 0.538 bits per heavy atom. The van der Waals surface area contributed by atoms with Crippen molar-refractivity contribution < 1.29 is 0 Å². The molecule has 0 fully saturated rings. The zero-order chi connectivity index (χ0) is 12.7. The van der Waals surface area contributed by atoms with E-state index in [2.05, 4.69) is 72.4 Å². The van der Waals surface area contributed by atoms with E-state index in [1.165, 1.54) is 0 Å². The van der Waals surface area contributed by atoms with Gasteiger partial charge in [0, 0.05) is 0 Å². The van der Waals surface area contributed by atoms with Crippen molar-refractivity contribution in [3.8, 4) is 0 Å². The van der Waals surface area contributed by atoms with Crippen molar-refractivity contribution in [1.82, 2.24) is 0 Å². The highest BCUT2D eigenvalue weighted by Gasteiger charge is 1.15. The van der Waals surface area contributed by atoms with Crippen LogP contribution in [0.2, 0.25) is 0 Å². The molecule has 0 aromatic heterocycles. The quantitative estimate of drug-likeness (QED) is 0.451. The van der Waals surface area contributed by atoms with Crippen LogP contribution in [0, 0.1) is 0 Å². The molecule has 0 unspecified atom stereocenters. The summed E-state index contributed by atoms with van der Waals surface area (Å²) in [6, 6.07) is 0. The van der Waals surface area contributed by atoms with Gasteiger partial charge < -0.3 is 0 Å². The topological polar surface area (TPSA) is 0 Å². The van der Waals surface area contributed by atoms with Gasteiger partial charge in [0.05, 0.1) is 0 Å². The first-order chi connectivity index (χ1) is 6.41. The molecule has 0 spiro atoms. The molecule has 0 radical (unpaired) electrons. The molecule has 0 nitrogen and oxygen atoms in total. The summed E-state index contributed by atoms with van der Waals surface area (Å²) in [5, 5.41) is 0. The van der Waals surface area contributed by atoms with Crippen LogP contribution in [-0.2, 0) is 0 Å². The third kappa shape index (κ3) is 306. The Labute approximate surface area is 86.0 Å². The van der Waals surface area contributed by atoms with Crippen LogP contribution in [0.3, 0.4) is 0 Å². The van der Waals surface area contributed by atoms with Crippen LogP contribution in [0.5, 0.6) is 0 Å². The third-order valence-corrected chi connectivity index (χ3v) is 0. The monoisotopic (exact) mass is 182 g/mol. The van der Waals surface area contributed by atoms with Crippen LogP contribution in [0.15, 0.2) is 78.4 Å². The second kappa shape index (κ2) is 2970. The second-order valence-electron chi connectivity index (χ2n) is 0.408. The van der Waals surface area contributed by atoms with E-state index in [0.717, 1.165) is 0 Å². The zero-order valence-corrected chi connectivity index (χ0v) is 9.36. The molecule has 13 heavy (non-hydrogen) atoms. The first-order valence-electron chi connectivity index (χ1n) is 3.49. The molecule has 0 aromatic rings. The SMILES string of the molecule is C=C.C=C.C=C.C=C.C=C.C=CC. The summed E-state index contributed by atoms with van der Waals surface area (Å²) in [5.74, 6) is 0. The average Bonchev–Trinajstić information content (AvgIpc) is 2.32. The molecule has 0 aliphatic heterocycles. The average molecular weight is 182 g/mol. The highest BCUT2D eigenvalue weighted by Crippen LogP contribution is 1.38. The minimum Gasteiger partial charge on any atom is -0.106 e. The van der Waals surface area contributed by atoms with Gasteiger partial charge in [-0.15, -0.1) is 72.4 Å². The molecule has 0 saturated carbocycles. The van der Waals surface area contributed by atoms with Gasteiger partial charge in [0.15, 0.2) is 0 Å². The number of rotatable bonds is 0. The smallest absolute Gasteiger partial charge is 0.0473 e. The van der Waals surface area contributed by atoms with Gasteiger partial charge in [0.1, 0.15) is 0 Å². The minimum absolute atomic E-state index is 1.75. The highest BCUT2D eigenvalue weighted by atomic mass is 13.2. The Morgan fingerprint density at radius 2 is 0.538 bits per heavy atom. The van der Waals surface area contributed by atoms with Gasteiger partial charge in [-0.3, -0.25) is 0 Å². The predicted octanol–water partition coefficient (Wildman–Crippen LogP) is 5.20. The lowest BCUT2D eigenvalue weighted by Crippen LogP contribution is -1.07. The van der Waals surface area contributed by atoms with Crippen molar-refractivity contribution in [2.24, 2.45) is 0 Å². The molecule has 0 aromatic carbocycles. The van der Waals surface area contributed by atoms with Crippen molar-refractivity contribution in [2.75, 3.05) is 0 Å². The predicted molar refractivity (Wildman–Crippen MR) is 72.1 cm³/mol. The van der Waals surface area contributed by atoms with E-state index in [4.69, 9.17) is 0 Å². The summed E-state index contributed by atoms with van der Waals surface area (Å²) in [6.45, 7) is 35.2. The number of hydrogen-bond acceptors (Lipinski definition) is 0. The molecule has 0 atom stereocenters. The fraction of sp³-hybridized carbons (Fsp3) is 0.0769. The standard InChI is InChI=1S/C3H6.5C2H4/c1-3-2;5*1-2/h3H,1H2,2H3;5*1-2H2. The first-order valence-corrected chi connectivity index (χ1v) is 3.49. The van der Waals surface area contributed by atoms with Crippen LogP contribution in [0.4, 0.5) is 0 Å². The van der Waals surface area contributed by atoms with Crippen molar-refractivity contribution in [3.63, 3.8) is 0 Å². The van der Waals surface area contributed by atoms with E-state index in [1.807, 2.05) is 6.92 Å². The molecule has 0 rings (SSSR count). The molecule has 0 aliphatic rings. The van der Waals surface area contributed by atoms with Crippen molar-refractivity contribution in [2.45, 2.75) is 6.92 Å². The van der Waals surface area contributed by atoms with Gasteiger partial charge in [-0.1, -0.05) is 6.08 Å². The fourth-order valence-electron chi connectivity index (χ4n) is 0. The summed E-state index contributed by atoms with van der Waals surface area (Å²) in [4.78, 5) is 0. The van der Waals surface area contributed by atoms with Gasteiger partial charge in [0.25, 0.3) is 0 Å². The Bertz CT molecular complexity index is 34.4. The lowest BCUT2D eigenvalue weighted by molar-refractivity contribution is 1.80. The Kier molecular flexibility index (Phi) is 9620. The van der Waals surface area contributed by atoms with Crippen LogP contribution in [0.25, 0.3) is 0 Å². The van der Waals surface area contributed by atoms with Gasteiger partial charge >= 0.3 is 0 Å². The van der Waals surface area contributed by atoms with E-state index >= 15 is 0 Å². The molecule has 0 heteroatoms. The minimum atomic E-state index is 1.75. The van der Waals surface area contributed by atoms with Gasteiger partial charge in [-0.05, 0) is 6.92 Å². The van der Waals surface area contributed by atoms with E-state index in [1.54, 1.807) is 6.08 Å². The van der Waals surface area contributed by atoms with Gasteiger partial charge in [0.2, 0.25) is 0 Å².